The van der Waals surface area contributed by atoms with Crippen molar-refractivity contribution in [3.8, 4) is 0 Å². The topological polar surface area (TPSA) is 58.0 Å². The molecular formula is C20H17N3OS2. The van der Waals surface area contributed by atoms with E-state index in [4.69, 9.17) is 0 Å². The molecule has 0 saturated carbocycles. The summed E-state index contributed by atoms with van der Waals surface area (Å²) >= 11 is 3.36. The van der Waals surface area contributed by atoms with Crippen molar-refractivity contribution in [2.75, 3.05) is 5.32 Å². The van der Waals surface area contributed by atoms with Crippen LogP contribution in [0.25, 0.3) is 21.1 Å². The molecule has 1 unspecified atom stereocenters. The molecule has 3 heterocycles. The van der Waals surface area contributed by atoms with Crippen LogP contribution >= 0.6 is 23.1 Å². The van der Waals surface area contributed by atoms with E-state index in [1.807, 2.05) is 17.6 Å². The Balaban J connectivity index is 1.60. The molecule has 2 N–H and O–H groups in total. The van der Waals surface area contributed by atoms with Gasteiger partial charge in [-0.1, -0.05) is 0 Å². The van der Waals surface area contributed by atoms with Gasteiger partial charge >= 0.3 is 0 Å². The van der Waals surface area contributed by atoms with E-state index < -0.39 is 6.10 Å². The smallest absolute Gasteiger partial charge is 0.0946 e. The monoisotopic (exact) mass is 379 g/mol. The summed E-state index contributed by atoms with van der Waals surface area (Å²) in [5, 5.41) is 15.1. The molecule has 0 radical (unpaired) electrons. The van der Waals surface area contributed by atoms with E-state index >= 15 is 0 Å². The van der Waals surface area contributed by atoms with Gasteiger partial charge in [0.1, 0.15) is 0 Å². The zero-order chi connectivity index (χ0) is 17.9. The van der Waals surface area contributed by atoms with Crippen LogP contribution in [0.4, 0.5) is 11.4 Å². The predicted octanol–water partition coefficient (Wildman–Crippen LogP) is 5.51. The summed E-state index contributed by atoms with van der Waals surface area (Å²) in [4.78, 5) is 10.0. The SMILES string of the molecule is CC1(C)Sc2cc3c(Nc4ccc5scnc5c4)ccnc3cc2C1O. The molecule has 1 atom stereocenters. The average Bonchev–Trinajstić information content (AvgIpc) is 3.16. The number of benzene rings is 2. The fourth-order valence-corrected chi connectivity index (χ4v) is 5.33. The largest absolute Gasteiger partial charge is 0.387 e. The standard InChI is InChI=1S/C20H17N3OS2/c1-20(2)19(24)13-8-15-12(9-18(13)26-20)14(5-6-21-15)23-11-3-4-17-16(7-11)22-10-25-17/h3-10,19,24H,1-2H3,(H,21,23). The minimum absolute atomic E-state index is 0.219. The fourth-order valence-electron chi connectivity index (χ4n) is 3.40. The highest BCUT2D eigenvalue weighted by molar-refractivity contribution is 8.01. The summed E-state index contributed by atoms with van der Waals surface area (Å²) in [6.45, 7) is 4.14. The minimum atomic E-state index is -0.475. The molecule has 5 rings (SSSR count). The van der Waals surface area contributed by atoms with Crippen molar-refractivity contribution < 1.29 is 5.11 Å². The first-order valence-corrected chi connectivity index (χ1v) is 10.1. The van der Waals surface area contributed by atoms with E-state index in [1.165, 1.54) is 4.70 Å². The maximum atomic E-state index is 10.6. The number of nitrogens with zero attached hydrogens (tertiary/aromatic N) is 2. The Morgan fingerprint density at radius 2 is 1.96 bits per heavy atom. The zero-order valence-corrected chi connectivity index (χ0v) is 16.0. The van der Waals surface area contributed by atoms with Crippen molar-refractivity contribution in [3.05, 3.63) is 53.7 Å². The normalized spacial score (nSPS) is 18.3. The highest BCUT2D eigenvalue weighted by Crippen LogP contribution is 2.52. The quantitative estimate of drug-likeness (QED) is 0.481. The molecule has 0 saturated heterocycles. The second kappa shape index (κ2) is 5.67. The molecule has 1 aliphatic heterocycles. The predicted molar refractivity (Wildman–Crippen MR) is 110 cm³/mol. The van der Waals surface area contributed by atoms with Gasteiger partial charge in [-0.25, -0.2) is 4.98 Å². The average molecular weight is 380 g/mol. The lowest BCUT2D eigenvalue weighted by Crippen LogP contribution is -2.19. The van der Waals surface area contributed by atoms with Gasteiger partial charge in [0.15, 0.2) is 0 Å². The van der Waals surface area contributed by atoms with Crippen molar-refractivity contribution >= 4 is 55.6 Å². The number of hydrogen-bond donors (Lipinski definition) is 2. The summed E-state index contributed by atoms with van der Waals surface area (Å²) in [5.41, 5.74) is 6.74. The summed E-state index contributed by atoms with van der Waals surface area (Å²) < 4.78 is 0.962. The number of hydrogen-bond acceptors (Lipinski definition) is 6. The molecule has 0 aliphatic carbocycles. The van der Waals surface area contributed by atoms with Crippen LogP contribution in [0, 0.1) is 0 Å². The van der Waals surface area contributed by atoms with Gasteiger partial charge in [0.2, 0.25) is 0 Å². The van der Waals surface area contributed by atoms with Crippen LogP contribution in [-0.4, -0.2) is 19.8 Å². The number of thioether (sulfide) groups is 1. The fraction of sp³-hybridized carbons (Fsp3) is 0.200. The minimum Gasteiger partial charge on any atom is -0.387 e. The third kappa shape index (κ3) is 2.48. The first kappa shape index (κ1) is 16.1. The lowest BCUT2D eigenvalue weighted by Gasteiger charge is -2.20. The molecule has 0 amide bonds. The van der Waals surface area contributed by atoms with Crippen LogP contribution < -0.4 is 5.32 Å². The molecule has 130 valence electrons. The van der Waals surface area contributed by atoms with E-state index in [-0.39, 0.29) is 4.75 Å². The Morgan fingerprint density at radius 3 is 2.85 bits per heavy atom. The maximum absolute atomic E-state index is 10.6. The second-order valence-electron chi connectivity index (χ2n) is 7.03. The molecule has 4 nitrogen and oxygen atoms in total. The van der Waals surface area contributed by atoms with E-state index in [9.17, 15) is 5.11 Å². The number of fused-ring (bicyclic) bond motifs is 3. The Bertz CT molecular complexity index is 1150. The summed E-state index contributed by atoms with van der Waals surface area (Å²) in [7, 11) is 0. The molecule has 26 heavy (non-hydrogen) atoms. The highest BCUT2D eigenvalue weighted by atomic mass is 32.2. The molecule has 2 aromatic heterocycles. The zero-order valence-electron chi connectivity index (χ0n) is 14.4. The number of rotatable bonds is 2. The van der Waals surface area contributed by atoms with Gasteiger partial charge in [-0.15, -0.1) is 23.1 Å². The van der Waals surface area contributed by atoms with Crippen LogP contribution in [0.15, 0.2) is 53.0 Å². The van der Waals surface area contributed by atoms with Crippen molar-refractivity contribution in [3.63, 3.8) is 0 Å². The van der Waals surface area contributed by atoms with Crippen LogP contribution in [-0.2, 0) is 0 Å². The number of aromatic nitrogens is 2. The number of pyridine rings is 1. The molecule has 2 aromatic carbocycles. The molecule has 1 aliphatic rings. The third-order valence-electron chi connectivity index (χ3n) is 4.81. The van der Waals surface area contributed by atoms with Crippen molar-refractivity contribution in [1.29, 1.82) is 0 Å². The Labute approximate surface area is 159 Å². The van der Waals surface area contributed by atoms with E-state index in [0.29, 0.717) is 0 Å². The van der Waals surface area contributed by atoms with Crippen molar-refractivity contribution in [2.24, 2.45) is 0 Å². The Hall–Kier alpha value is -2.15. The molecule has 4 aromatic rings. The first-order valence-electron chi connectivity index (χ1n) is 8.41. The van der Waals surface area contributed by atoms with Crippen LogP contribution in [0.3, 0.4) is 0 Å². The molecule has 0 fully saturated rings. The van der Waals surface area contributed by atoms with Crippen molar-refractivity contribution in [2.45, 2.75) is 29.6 Å². The number of anilines is 2. The van der Waals surface area contributed by atoms with Crippen LogP contribution in [0.5, 0.6) is 0 Å². The maximum Gasteiger partial charge on any atom is 0.0946 e. The molecule has 6 heteroatoms. The third-order valence-corrected chi connectivity index (χ3v) is 6.94. The van der Waals surface area contributed by atoms with Crippen molar-refractivity contribution in [1.82, 2.24) is 9.97 Å². The highest BCUT2D eigenvalue weighted by Gasteiger charge is 2.39. The van der Waals surface area contributed by atoms with E-state index in [1.54, 1.807) is 29.3 Å². The van der Waals surface area contributed by atoms with Gasteiger partial charge in [0, 0.05) is 32.6 Å². The van der Waals surface area contributed by atoms with E-state index in [0.717, 1.165) is 38.3 Å². The lowest BCUT2D eigenvalue weighted by molar-refractivity contribution is 0.147. The number of thiazole rings is 1. The Morgan fingerprint density at radius 1 is 1.08 bits per heavy atom. The van der Waals surface area contributed by atoms with Gasteiger partial charge in [-0.05, 0) is 55.8 Å². The van der Waals surface area contributed by atoms with Gasteiger partial charge in [0.25, 0.3) is 0 Å². The summed E-state index contributed by atoms with van der Waals surface area (Å²) in [6.07, 6.45) is 1.33. The number of aliphatic hydroxyl groups is 1. The molecular weight excluding hydrogens is 362 g/mol. The van der Waals surface area contributed by atoms with E-state index in [2.05, 4.69) is 53.4 Å². The number of aliphatic hydroxyl groups excluding tert-OH is 1. The van der Waals surface area contributed by atoms with Gasteiger partial charge in [-0.3, -0.25) is 4.98 Å². The number of nitrogens with one attached hydrogen (secondary N) is 1. The van der Waals surface area contributed by atoms with Crippen LogP contribution in [0.1, 0.15) is 25.5 Å². The second-order valence-corrected chi connectivity index (χ2v) is 9.62. The van der Waals surface area contributed by atoms with Crippen LogP contribution in [0.2, 0.25) is 0 Å². The van der Waals surface area contributed by atoms with Gasteiger partial charge < -0.3 is 10.4 Å². The lowest BCUT2D eigenvalue weighted by atomic mass is 9.97. The molecule has 0 spiro atoms. The Kier molecular flexibility index (Phi) is 3.50. The molecule has 0 bridgehead atoms. The summed E-state index contributed by atoms with van der Waals surface area (Å²) in [5.74, 6) is 0. The van der Waals surface area contributed by atoms with Gasteiger partial charge in [-0.2, -0.15) is 0 Å². The van der Waals surface area contributed by atoms with Gasteiger partial charge in [0.05, 0.1) is 27.3 Å². The first-order chi connectivity index (χ1) is 12.5. The summed E-state index contributed by atoms with van der Waals surface area (Å²) in [6, 6.07) is 12.4.